The fraction of sp³-hybridized carbons (Fsp3) is 0.611. The Labute approximate surface area is 158 Å². The molecule has 0 spiro atoms. The molecule has 2 aliphatic rings. The Morgan fingerprint density at radius 1 is 1.16 bits per heavy atom. The van der Waals surface area contributed by atoms with Crippen LogP contribution in [0.5, 0.6) is 0 Å². The lowest BCUT2D eigenvalue weighted by molar-refractivity contribution is 0.0909. The molecule has 1 N–H and O–H groups in total. The lowest BCUT2D eigenvalue weighted by Gasteiger charge is -2.29. The molecule has 0 radical (unpaired) electrons. The number of carbonyl (C=O) groups is 1. The molecule has 2 atom stereocenters. The molecule has 25 heavy (non-hydrogen) atoms. The summed E-state index contributed by atoms with van der Waals surface area (Å²) in [5.74, 6) is 0.247. The number of nitrogens with one attached hydrogen (secondary N) is 1. The average Bonchev–Trinajstić information content (AvgIpc) is 3.12. The van der Waals surface area contributed by atoms with E-state index in [9.17, 15) is 13.2 Å². The highest BCUT2D eigenvalue weighted by atomic mass is 79.9. The van der Waals surface area contributed by atoms with E-state index in [1.54, 1.807) is 12.1 Å². The van der Waals surface area contributed by atoms with Gasteiger partial charge in [0.25, 0.3) is 5.91 Å². The van der Waals surface area contributed by atoms with Crippen LogP contribution in [0.25, 0.3) is 0 Å². The number of halogens is 1. The Morgan fingerprint density at radius 2 is 1.84 bits per heavy atom. The van der Waals surface area contributed by atoms with Crippen molar-refractivity contribution in [1.29, 1.82) is 0 Å². The minimum atomic E-state index is -3.52. The van der Waals surface area contributed by atoms with E-state index in [-0.39, 0.29) is 16.8 Å². The number of hydrogen-bond donors (Lipinski definition) is 1. The predicted molar refractivity (Wildman–Crippen MR) is 101 cm³/mol. The fourth-order valence-corrected chi connectivity index (χ4v) is 5.66. The molecule has 1 aromatic rings. The van der Waals surface area contributed by atoms with Crippen LogP contribution in [0, 0.1) is 5.92 Å². The van der Waals surface area contributed by atoms with Crippen molar-refractivity contribution in [3.63, 3.8) is 0 Å². The van der Waals surface area contributed by atoms with E-state index in [2.05, 4.69) is 28.2 Å². The summed E-state index contributed by atoms with van der Waals surface area (Å²) in [5.41, 5.74) is 0.387. The third-order valence-electron chi connectivity index (χ3n) is 5.31. The van der Waals surface area contributed by atoms with E-state index in [4.69, 9.17) is 0 Å². The summed E-state index contributed by atoms with van der Waals surface area (Å²) < 4.78 is 27.6. The van der Waals surface area contributed by atoms with Crippen molar-refractivity contribution in [3.8, 4) is 0 Å². The van der Waals surface area contributed by atoms with Gasteiger partial charge in [0.15, 0.2) is 0 Å². The monoisotopic (exact) mass is 428 g/mol. The minimum absolute atomic E-state index is 0.159. The molecule has 3 rings (SSSR count). The number of carbonyl (C=O) groups excluding carboxylic acids is 1. The Balaban J connectivity index is 1.82. The molecule has 5 nitrogen and oxygen atoms in total. The van der Waals surface area contributed by atoms with Crippen LogP contribution >= 0.6 is 15.9 Å². The predicted octanol–water partition coefficient (Wildman–Crippen LogP) is 3.54. The first kappa shape index (κ1) is 18.9. The topological polar surface area (TPSA) is 66.5 Å². The normalized spacial score (nSPS) is 25.0. The molecule has 138 valence electrons. The number of hydrogen-bond acceptors (Lipinski definition) is 3. The number of benzene rings is 1. The van der Waals surface area contributed by atoms with Crippen LogP contribution in [-0.2, 0) is 10.0 Å². The highest BCUT2D eigenvalue weighted by Crippen LogP contribution is 2.27. The smallest absolute Gasteiger partial charge is 0.252 e. The van der Waals surface area contributed by atoms with E-state index >= 15 is 0 Å². The van der Waals surface area contributed by atoms with Crippen LogP contribution in [0.15, 0.2) is 27.6 Å². The van der Waals surface area contributed by atoms with Crippen molar-refractivity contribution < 1.29 is 13.2 Å². The summed E-state index contributed by atoms with van der Waals surface area (Å²) in [6.45, 7) is 3.27. The summed E-state index contributed by atoms with van der Waals surface area (Å²) in [7, 11) is -3.52. The zero-order valence-corrected chi connectivity index (χ0v) is 16.9. The van der Waals surface area contributed by atoms with E-state index in [1.165, 1.54) is 16.8 Å². The quantitative estimate of drug-likeness (QED) is 0.796. The second-order valence-electron chi connectivity index (χ2n) is 7.09. The number of sulfonamides is 1. The number of rotatable bonds is 4. The van der Waals surface area contributed by atoms with Crippen molar-refractivity contribution in [2.24, 2.45) is 5.92 Å². The van der Waals surface area contributed by atoms with Crippen LogP contribution in [0.4, 0.5) is 0 Å². The largest absolute Gasteiger partial charge is 0.349 e. The Kier molecular flexibility index (Phi) is 5.85. The first-order chi connectivity index (χ1) is 11.9. The molecule has 1 aromatic carbocycles. The van der Waals surface area contributed by atoms with Gasteiger partial charge in [-0.3, -0.25) is 4.79 Å². The minimum Gasteiger partial charge on any atom is -0.349 e. The first-order valence-electron chi connectivity index (χ1n) is 9.00. The van der Waals surface area contributed by atoms with E-state index in [1.807, 2.05) is 0 Å². The molecular weight excluding hydrogens is 404 g/mol. The van der Waals surface area contributed by atoms with Crippen molar-refractivity contribution in [2.45, 2.75) is 56.4 Å². The first-order valence-corrected chi connectivity index (χ1v) is 11.2. The van der Waals surface area contributed by atoms with Gasteiger partial charge in [0, 0.05) is 23.6 Å². The molecule has 1 heterocycles. The molecular formula is C18H25BrN2O3S. The maximum Gasteiger partial charge on any atom is 0.252 e. The lowest BCUT2D eigenvalue weighted by Crippen LogP contribution is -2.41. The summed E-state index contributed by atoms with van der Waals surface area (Å²) in [6.07, 6.45) is 6.22. The molecule has 0 aromatic heterocycles. The van der Waals surface area contributed by atoms with Crippen LogP contribution in [0.1, 0.15) is 55.8 Å². The van der Waals surface area contributed by atoms with Gasteiger partial charge in [-0.2, -0.15) is 4.31 Å². The van der Waals surface area contributed by atoms with Crippen molar-refractivity contribution in [1.82, 2.24) is 9.62 Å². The zero-order chi connectivity index (χ0) is 18.0. The van der Waals surface area contributed by atoms with Crippen molar-refractivity contribution in [3.05, 3.63) is 28.2 Å². The Bertz CT molecular complexity index is 745. The third kappa shape index (κ3) is 4.09. The standard InChI is InChI=1S/C18H25BrN2O3S/c1-13-6-2-3-7-17(13)20-18(22)15-12-14(8-9-16(15)19)25(23,24)21-10-4-5-11-21/h8-9,12-13,17H,2-7,10-11H2,1H3,(H,20,22)/t13-,17-/m0/s1. The van der Waals surface area contributed by atoms with Gasteiger partial charge in [-0.25, -0.2) is 8.42 Å². The summed E-state index contributed by atoms with van der Waals surface area (Å²) in [4.78, 5) is 12.9. The summed E-state index contributed by atoms with van der Waals surface area (Å²) in [5, 5.41) is 3.10. The van der Waals surface area contributed by atoms with Crippen LogP contribution in [0.3, 0.4) is 0 Å². The second kappa shape index (κ2) is 7.76. The second-order valence-corrected chi connectivity index (χ2v) is 9.89. The number of amides is 1. The maximum absolute atomic E-state index is 12.7. The molecule has 2 fully saturated rings. The molecule has 0 unspecified atom stereocenters. The van der Waals surface area contributed by atoms with Gasteiger partial charge in [0.2, 0.25) is 10.0 Å². The van der Waals surface area contributed by atoms with Crippen molar-refractivity contribution in [2.75, 3.05) is 13.1 Å². The fourth-order valence-electron chi connectivity index (χ4n) is 3.69. The van der Waals surface area contributed by atoms with Gasteiger partial charge in [0.05, 0.1) is 10.5 Å². The molecule has 1 saturated carbocycles. The molecule has 1 aliphatic carbocycles. The van der Waals surface area contributed by atoms with Crippen molar-refractivity contribution >= 4 is 31.9 Å². The molecule has 1 aliphatic heterocycles. The average molecular weight is 429 g/mol. The molecule has 1 amide bonds. The Hall–Kier alpha value is -0.920. The maximum atomic E-state index is 12.7. The highest BCUT2D eigenvalue weighted by Gasteiger charge is 2.29. The SMILES string of the molecule is C[C@H]1CCCC[C@@H]1NC(=O)c1cc(S(=O)(=O)N2CCCC2)ccc1Br. The van der Waals surface area contributed by atoms with E-state index in [0.29, 0.717) is 29.0 Å². The van der Waals surface area contributed by atoms with Crippen LogP contribution in [0.2, 0.25) is 0 Å². The van der Waals surface area contributed by atoms with E-state index in [0.717, 1.165) is 32.1 Å². The van der Waals surface area contributed by atoms with Gasteiger partial charge in [-0.1, -0.05) is 19.8 Å². The summed E-state index contributed by atoms with van der Waals surface area (Å²) >= 11 is 3.39. The summed E-state index contributed by atoms with van der Waals surface area (Å²) in [6, 6.07) is 4.88. The highest BCUT2D eigenvalue weighted by molar-refractivity contribution is 9.10. The van der Waals surface area contributed by atoms with E-state index < -0.39 is 10.0 Å². The van der Waals surface area contributed by atoms with Gasteiger partial charge in [-0.15, -0.1) is 0 Å². The zero-order valence-electron chi connectivity index (χ0n) is 14.5. The molecule has 0 bridgehead atoms. The molecule has 7 heteroatoms. The number of nitrogens with zero attached hydrogens (tertiary/aromatic N) is 1. The van der Waals surface area contributed by atoms with Gasteiger partial charge >= 0.3 is 0 Å². The van der Waals surface area contributed by atoms with Gasteiger partial charge in [-0.05, 0) is 65.7 Å². The van der Waals surface area contributed by atoms with Gasteiger partial charge in [0.1, 0.15) is 0 Å². The van der Waals surface area contributed by atoms with Crippen LogP contribution < -0.4 is 5.32 Å². The third-order valence-corrected chi connectivity index (χ3v) is 7.90. The Morgan fingerprint density at radius 3 is 2.52 bits per heavy atom. The van der Waals surface area contributed by atoms with Crippen LogP contribution in [-0.4, -0.2) is 37.8 Å². The van der Waals surface area contributed by atoms with Gasteiger partial charge < -0.3 is 5.32 Å². The lowest BCUT2D eigenvalue weighted by atomic mass is 9.86. The molecule has 1 saturated heterocycles.